The third kappa shape index (κ3) is 3.72. The van der Waals surface area contributed by atoms with Crippen LogP contribution in [0.15, 0.2) is 30.4 Å². The van der Waals surface area contributed by atoms with E-state index < -0.39 is 17.9 Å². The maximum Gasteiger partial charge on any atom is 0.229 e. The second-order valence-electron chi connectivity index (χ2n) is 11.0. The number of fused-ring (bicyclic) bond motifs is 3. The number of ether oxygens (including phenoxy) is 2. The fraction of sp³-hybridized carbons (Fsp3) is 0.630. The van der Waals surface area contributed by atoms with Crippen LogP contribution in [0.5, 0.6) is 0 Å². The highest BCUT2D eigenvalue weighted by atomic mass is 19.2. The molecule has 0 N–H and O–H groups in total. The minimum Gasteiger partial charge on any atom is -0.348 e. The Morgan fingerprint density at radius 2 is 1.79 bits per heavy atom. The summed E-state index contributed by atoms with van der Waals surface area (Å²) in [5, 5.41) is 0. The first kappa shape index (κ1) is 23.6. The zero-order valence-electron chi connectivity index (χ0n) is 19.9. The minimum absolute atomic E-state index is 0.0338. The highest BCUT2D eigenvalue weighted by molar-refractivity contribution is 6.01. The van der Waals surface area contributed by atoms with Gasteiger partial charge in [-0.3, -0.25) is 14.5 Å². The summed E-state index contributed by atoms with van der Waals surface area (Å²) in [5.74, 6) is -1.39. The third-order valence-electron chi connectivity index (χ3n) is 9.16. The van der Waals surface area contributed by atoms with Crippen LogP contribution in [0.4, 0.5) is 8.78 Å². The van der Waals surface area contributed by atoms with E-state index in [9.17, 15) is 18.4 Å². The Morgan fingerprint density at radius 1 is 1.06 bits per heavy atom. The number of carbonyl (C=O) groups excluding carboxylic acids is 2. The van der Waals surface area contributed by atoms with Crippen molar-refractivity contribution in [3.05, 3.63) is 47.5 Å². The van der Waals surface area contributed by atoms with Crippen LogP contribution in [-0.2, 0) is 19.1 Å². The maximum absolute atomic E-state index is 13.8. The van der Waals surface area contributed by atoms with Gasteiger partial charge in [0.2, 0.25) is 11.8 Å². The smallest absolute Gasteiger partial charge is 0.229 e. The number of halogens is 2. The lowest BCUT2D eigenvalue weighted by Crippen LogP contribution is -2.60. The Kier molecular flexibility index (Phi) is 5.92. The van der Waals surface area contributed by atoms with Crippen LogP contribution in [-0.4, -0.2) is 36.0 Å². The Morgan fingerprint density at radius 3 is 2.50 bits per heavy atom. The van der Waals surface area contributed by atoms with Crippen molar-refractivity contribution in [1.29, 1.82) is 0 Å². The number of likely N-dealkylation sites (tertiary alicyclic amines) is 1. The summed E-state index contributed by atoms with van der Waals surface area (Å²) in [4.78, 5) is 25.7. The van der Waals surface area contributed by atoms with Crippen LogP contribution in [0.2, 0.25) is 0 Å². The zero-order valence-corrected chi connectivity index (χ0v) is 19.9. The molecule has 0 spiro atoms. The topological polar surface area (TPSA) is 55.8 Å². The van der Waals surface area contributed by atoms with Crippen LogP contribution in [0, 0.1) is 34.3 Å². The maximum atomic E-state index is 13.8. The molecule has 2 aliphatic carbocycles. The van der Waals surface area contributed by atoms with Crippen LogP contribution >= 0.6 is 0 Å². The van der Waals surface area contributed by atoms with Gasteiger partial charge in [0, 0.05) is 30.4 Å². The van der Waals surface area contributed by atoms with Gasteiger partial charge in [-0.25, -0.2) is 8.78 Å². The molecule has 34 heavy (non-hydrogen) atoms. The van der Waals surface area contributed by atoms with E-state index in [-0.39, 0.29) is 34.7 Å². The Bertz CT molecular complexity index is 1010. The number of rotatable bonds is 4. The average Bonchev–Trinajstić information content (AvgIpc) is 3.12. The van der Waals surface area contributed by atoms with Crippen molar-refractivity contribution in [2.75, 3.05) is 13.2 Å². The summed E-state index contributed by atoms with van der Waals surface area (Å²) in [7, 11) is 0. The monoisotopic (exact) mass is 473 g/mol. The van der Waals surface area contributed by atoms with Crippen LogP contribution in [0.25, 0.3) is 0 Å². The van der Waals surface area contributed by atoms with Gasteiger partial charge >= 0.3 is 0 Å². The third-order valence-corrected chi connectivity index (χ3v) is 9.16. The molecule has 4 fully saturated rings. The first-order chi connectivity index (χ1) is 16.1. The lowest BCUT2D eigenvalue weighted by Gasteiger charge is -2.62. The first-order valence-electron chi connectivity index (χ1n) is 12.4. The predicted molar refractivity (Wildman–Crippen MR) is 121 cm³/mol. The molecule has 0 bridgehead atoms. The van der Waals surface area contributed by atoms with Gasteiger partial charge in [0.05, 0.1) is 12.7 Å². The van der Waals surface area contributed by atoms with Crippen molar-refractivity contribution in [2.24, 2.45) is 22.7 Å². The van der Waals surface area contributed by atoms with Crippen molar-refractivity contribution in [3.63, 3.8) is 0 Å². The van der Waals surface area contributed by atoms with Crippen molar-refractivity contribution < 1.29 is 27.8 Å². The quantitative estimate of drug-likeness (QED) is 0.440. The molecule has 184 valence electrons. The second kappa shape index (κ2) is 8.52. The molecule has 0 aromatic heterocycles. The molecular weight excluding hydrogens is 440 g/mol. The summed E-state index contributed by atoms with van der Waals surface area (Å²) in [6.45, 7) is 9.87. The number of amides is 2. The van der Waals surface area contributed by atoms with Gasteiger partial charge in [-0.05, 0) is 61.5 Å². The number of imide groups is 1. The van der Waals surface area contributed by atoms with E-state index in [1.54, 1.807) is 0 Å². The molecule has 4 aliphatic rings. The number of hydrogen-bond acceptors (Lipinski definition) is 4. The van der Waals surface area contributed by atoms with Crippen molar-refractivity contribution in [1.82, 2.24) is 4.90 Å². The van der Waals surface area contributed by atoms with Crippen molar-refractivity contribution in [3.8, 4) is 0 Å². The number of nitrogens with zero attached hydrogens (tertiary/aromatic N) is 1. The van der Waals surface area contributed by atoms with Gasteiger partial charge in [0.15, 0.2) is 17.9 Å². The summed E-state index contributed by atoms with van der Waals surface area (Å²) >= 11 is 0. The molecule has 1 unspecified atom stereocenters. The number of benzene rings is 1. The lowest BCUT2D eigenvalue weighted by molar-refractivity contribution is -0.307. The van der Waals surface area contributed by atoms with Crippen LogP contribution in [0.1, 0.15) is 70.6 Å². The average molecular weight is 474 g/mol. The summed E-state index contributed by atoms with van der Waals surface area (Å²) < 4.78 is 39.7. The van der Waals surface area contributed by atoms with Gasteiger partial charge in [-0.2, -0.15) is 0 Å². The fourth-order valence-electron chi connectivity index (χ4n) is 7.33. The number of allylic oxidation sites excluding steroid dienone is 1. The molecule has 2 saturated carbocycles. The number of hydrogen-bond donors (Lipinski definition) is 0. The SMILES string of the molecule is C=C1CCC2[C@]3(C)CO[C@@H](c4ccc(F)c(F)c4)O[C@@H]3CC[C@@]2(C)[C@@H]1CCN1C(=O)CCC1=O. The van der Waals surface area contributed by atoms with Crippen molar-refractivity contribution in [2.45, 2.75) is 71.2 Å². The molecule has 2 saturated heterocycles. The van der Waals surface area contributed by atoms with E-state index in [4.69, 9.17) is 9.47 Å². The van der Waals surface area contributed by atoms with Gasteiger partial charge in [0.1, 0.15) is 0 Å². The van der Waals surface area contributed by atoms with Gasteiger partial charge in [0.25, 0.3) is 0 Å². The zero-order chi connectivity index (χ0) is 24.3. The Labute approximate surface area is 199 Å². The molecule has 5 rings (SSSR count). The molecule has 2 heterocycles. The van der Waals surface area contributed by atoms with Crippen molar-refractivity contribution >= 4 is 11.8 Å². The predicted octanol–water partition coefficient (Wildman–Crippen LogP) is 5.31. The van der Waals surface area contributed by atoms with Gasteiger partial charge < -0.3 is 9.47 Å². The molecule has 2 amide bonds. The summed E-state index contributed by atoms with van der Waals surface area (Å²) in [6, 6.07) is 3.77. The van der Waals surface area contributed by atoms with E-state index in [0.29, 0.717) is 37.5 Å². The molecule has 2 aliphatic heterocycles. The second-order valence-corrected chi connectivity index (χ2v) is 11.0. The highest BCUT2D eigenvalue weighted by Crippen LogP contribution is 2.63. The molecule has 5 nitrogen and oxygen atoms in total. The molecule has 1 aromatic rings. The normalized spacial score (nSPS) is 38.1. The Balaban J connectivity index is 1.34. The molecule has 7 heteroatoms. The first-order valence-corrected chi connectivity index (χ1v) is 12.4. The van der Waals surface area contributed by atoms with Crippen LogP contribution < -0.4 is 0 Å². The largest absolute Gasteiger partial charge is 0.348 e. The van der Waals surface area contributed by atoms with Gasteiger partial charge in [-0.15, -0.1) is 0 Å². The van der Waals surface area contributed by atoms with Crippen LogP contribution in [0.3, 0.4) is 0 Å². The standard InChI is InChI=1S/C27H33F2NO4/c1-16-4-7-21-26(2,18(16)11-13-30-23(31)8-9-24(30)32)12-10-22-27(21,3)15-33-25(34-22)17-5-6-19(28)20(29)14-17/h5-6,14,18,21-22,25H,1,4,7-13,15H2,2-3H3/t18-,21?,22-,25-,26+,27+/m1/s1. The van der Waals surface area contributed by atoms with E-state index in [1.165, 1.54) is 16.5 Å². The number of carbonyl (C=O) groups is 2. The highest BCUT2D eigenvalue weighted by Gasteiger charge is 2.60. The van der Waals surface area contributed by atoms with E-state index in [1.807, 2.05) is 0 Å². The lowest BCUT2D eigenvalue weighted by atomic mass is 9.46. The van der Waals surface area contributed by atoms with E-state index >= 15 is 0 Å². The summed E-state index contributed by atoms with van der Waals surface area (Å²) in [5.41, 5.74) is 1.44. The molecule has 1 aromatic carbocycles. The molecular formula is C27H33F2NO4. The van der Waals surface area contributed by atoms with E-state index in [2.05, 4.69) is 20.4 Å². The molecule has 6 atom stereocenters. The van der Waals surface area contributed by atoms with Gasteiger partial charge in [-0.1, -0.05) is 32.1 Å². The Hall–Kier alpha value is -2.12. The minimum atomic E-state index is -0.905. The fourth-order valence-corrected chi connectivity index (χ4v) is 7.33. The van der Waals surface area contributed by atoms with E-state index in [0.717, 1.165) is 44.2 Å². The molecule has 0 radical (unpaired) electrons. The summed E-state index contributed by atoms with van der Waals surface area (Å²) in [6.07, 6.45) is 4.28.